The summed E-state index contributed by atoms with van der Waals surface area (Å²) < 4.78 is 0. The molecule has 0 radical (unpaired) electrons. The van der Waals surface area contributed by atoms with Crippen molar-refractivity contribution in [3.05, 3.63) is 34.3 Å². The average Bonchev–Trinajstić information content (AvgIpc) is 2.66. The first-order valence-corrected chi connectivity index (χ1v) is 7.06. The zero-order valence-electron chi connectivity index (χ0n) is 10.4. The number of benzene rings is 1. The van der Waals surface area contributed by atoms with Gasteiger partial charge in [0.25, 0.3) is 0 Å². The molecule has 92 valence electrons. The largest absolute Gasteiger partial charge is 0.309 e. The summed E-state index contributed by atoms with van der Waals surface area (Å²) in [5, 5.41) is 4.63. The fourth-order valence-electron chi connectivity index (χ4n) is 3.12. The van der Waals surface area contributed by atoms with Crippen molar-refractivity contribution < 1.29 is 0 Å². The van der Waals surface area contributed by atoms with Gasteiger partial charge in [-0.05, 0) is 54.4 Å². The summed E-state index contributed by atoms with van der Waals surface area (Å²) in [5.41, 5.74) is 3.47. The number of aryl methyl sites for hydroxylation is 1. The van der Waals surface area contributed by atoms with Crippen molar-refractivity contribution in [1.82, 2.24) is 5.32 Å². The summed E-state index contributed by atoms with van der Waals surface area (Å²) in [6.07, 6.45) is 6.59. The van der Waals surface area contributed by atoms with Crippen molar-refractivity contribution in [2.24, 2.45) is 5.41 Å². The molecule has 2 heteroatoms. The van der Waals surface area contributed by atoms with Gasteiger partial charge in [-0.25, -0.2) is 0 Å². The number of rotatable bonds is 3. The highest BCUT2D eigenvalue weighted by molar-refractivity contribution is 6.30. The third-order valence-corrected chi connectivity index (χ3v) is 4.75. The number of hydrogen-bond acceptors (Lipinski definition) is 1. The fraction of sp³-hybridized carbons (Fsp3) is 0.600. The monoisotopic (exact) mass is 249 g/mol. The second-order valence-corrected chi connectivity index (χ2v) is 6.42. The van der Waals surface area contributed by atoms with E-state index in [4.69, 9.17) is 11.6 Å². The van der Waals surface area contributed by atoms with Crippen LogP contribution in [0.2, 0.25) is 5.02 Å². The van der Waals surface area contributed by atoms with Gasteiger partial charge < -0.3 is 5.32 Å². The lowest BCUT2D eigenvalue weighted by Gasteiger charge is -2.39. The zero-order chi connectivity index (χ0) is 11.9. The number of nitrogens with one attached hydrogen (secondary N) is 1. The van der Waals surface area contributed by atoms with Crippen molar-refractivity contribution in [2.45, 2.75) is 45.1 Å². The molecule has 0 bridgehead atoms. The van der Waals surface area contributed by atoms with Gasteiger partial charge in [-0.3, -0.25) is 0 Å². The molecule has 0 aromatic heterocycles. The molecule has 1 N–H and O–H groups in total. The normalized spacial score (nSPS) is 25.4. The number of halogens is 1. The van der Waals surface area contributed by atoms with E-state index < -0.39 is 0 Å². The molecule has 1 saturated carbocycles. The van der Waals surface area contributed by atoms with Gasteiger partial charge in [0.05, 0.1) is 0 Å². The molecule has 1 fully saturated rings. The molecule has 0 heterocycles. The van der Waals surface area contributed by atoms with E-state index in [2.05, 4.69) is 24.4 Å². The highest BCUT2D eigenvalue weighted by atomic mass is 35.5. The first-order chi connectivity index (χ1) is 8.16. The maximum atomic E-state index is 6.03. The standard InChI is InChI=1S/C15H20ClN/c1-15(7-2-8-15)10-17-14-6-3-11-9-12(16)4-5-13(11)14/h4-5,9,14,17H,2-3,6-8,10H2,1H3. The van der Waals surface area contributed by atoms with Crippen LogP contribution in [0.25, 0.3) is 0 Å². The van der Waals surface area contributed by atoms with Crippen molar-refractivity contribution >= 4 is 11.6 Å². The molecule has 0 amide bonds. The van der Waals surface area contributed by atoms with Crippen molar-refractivity contribution in [3.63, 3.8) is 0 Å². The lowest BCUT2D eigenvalue weighted by Crippen LogP contribution is -2.38. The van der Waals surface area contributed by atoms with Gasteiger partial charge in [0, 0.05) is 17.6 Å². The lowest BCUT2D eigenvalue weighted by molar-refractivity contribution is 0.150. The van der Waals surface area contributed by atoms with E-state index in [-0.39, 0.29) is 0 Å². The Morgan fingerprint density at radius 2 is 2.24 bits per heavy atom. The SMILES string of the molecule is CC1(CNC2CCc3cc(Cl)ccc32)CCC1. The Hall–Kier alpha value is -0.530. The second kappa shape index (κ2) is 4.29. The van der Waals surface area contributed by atoms with Crippen molar-refractivity contribution in [3.8, 4) is 0 Å². The Bertz CT molecular complexity index is 423. The first kappa shape index (κ1) is 11.6. The highest BCUT2D eigenvalue weighted by Crippen LogP contribution is 2.41. The Balaban J connectivity index is 1.67. The summed E-state index contributed by atoms with van der Waals surface area (Å²) in [7, 11) is 0. The number of hydrogen-bond donors (Lipinski definition) is 1. The van der Waals surface area contributed by atoms with Crippen molar-refractivity contribution in [1.29, 1.82) is 0 Å². The fourth-order valence-corrected chi connectivity index (χ4v) is 3.32. The van der Waals surface area contributed by atoms with Crippen LogP contribution in [-0.4, -0.2) is 6.54 Å². The molecular formula is C15H20ClN. The molecule has 1 aromatic carbocycles. The maximum Gasteiger partial charge on any atom is 0.0408 e. The van der Waals surface area contributed by atoms with E-state index in [1.807, 2.05) is 6.07 Å². The second-order valence-electron chi connectivity index (χ2n) is 5.98. The molecule has 0 spiro atoms. The van der Waals surface area contributed by atoms with Crippen LogP contribution in [0.1, 0.15) is 49.8 Å². The van der Waals surface area contributed by atoms with Crippen LogP contribution in [0, 0.1) is 5.41 Å². The number of fused-ring (bicyclic) bond motifs is 1. The van der Waals surface area contributed by atoms with Gasteiger partial charge in [-0.1, -0.05) is 31.0 Å². The molecule has 0 aliphatic heterocycles. The molecule has 1 atom stereocenters. The maximum absolute atomic E-state index is 6.03. The Labute approximate surface area is 109 Å². The van der Waals surface area contributed by atoms with Gasteiger partial charge in [-0.2, -0.15) is 0 Å². The minimum absolute atomic E-state index is 0.555. The summed E-state index contributed by atoms with van der Waals surface area (Å²) >= 11 is 6.03. The van der Waals surface area contributed by atoms with E-state index in [0.29, 0.717) is 11.5 Å². The molecule has 1 nitrogen and oxygen atoms in total. The Morgan fingerprint density at radius 1 is 1.41 bits per heavy atom. The van der Waals surface area contributed by atoms with Crippen molar-refractivity contribution in [2.75, 3.05) is 6.54 Å². The third-order valence-electron chi connectivity index (χ3n) is 4.52. The van der Waals surface area contributed by atoms with Gasteiger partial charge >= 0.3 is 0 Å². The average molecular weight is 250 g/mol. The predicted octanol–water partition coefficient (Wildman–Crippen LogP) is 4.11. The molecule has 2 aliphatic rings. The van der Waals surface area contributed by atoms with Gasteiger partial charge in [0.15, 0.2) is 0 Å². The van der Waals surface area contributed by atoms with Crippen LogP contribution < -0.4 is 5.32 Å². The minimum Gasteiger partial charge on any atom is -0.309 e. The zero-order valence-corrected chi connectivity index (χ0v) is 11.2. The van der Waals surface area contributed by atoms with Crippen LogP contribution in [0.4, 0.5) is 0 Å². The van der Waals surface area contributed by atoms with E-state index in [1.54, 1.807) is 0 Å². The molecule has 2 aliphatic carbocycles. The van der Waals surface area contributed by atoms with E-state index in [0.717, 1.165) is 5.02 Å². The van der Waals surface area contributed by atoms with E-state index >= 15 is 0 Å². The first-order valence-electron chi connectivity index (χ1n) is 6.68. The molecule has 1 aromatic rings. The Kier molecular flexibility index (Phi) is 2.92. The Morgan fingerprint density at radius 3 is 2.94 bits per heavy atom. The summed E-state index contributed by atoms with van der Waals surface area (Å²) in [6.45, 7) is 3.57. The molecule has 0 saturated heterocycles. The molecule has 3 rings (SSSR count). The third kappa shape index (κ3) is 2.23. The molecular weight excluding hydrogens is 230 g/mol. The predicted molar refractivity (Wildman–Crippen MR) is 72.5 cm³/mol. The summed E-state index contributed by atoms with van der Waals surface area (Å²) in [5.74, 6) is 0. The van der Waals surface area contributed by atoms with Crippen LogP contribution in [-0.2, 0) is 6.42 Å². The lowest BCUT2D eigenvalue weighted by atomic mass is 9.70. The van der Waals surface area contributed by atoms with Gasteiger partial charge in [0.2, 0.25) is 0 Å². The van der Waals surface area contributed by atoms with Gasteiger partial charge in [-0.15, -0.1) is 0 Å². The van der Waals surface area contributed by atoms with Crippen LogP contribution in [0.15, 0.2) is 18.2 Å². The molecule has 1 unspecified atom stereocenters. The summed E-state index contributed by atoms with van der Waals surface area (Å²) in [6, 6.07) is 6.90. The molecule has 17 heavy (non-hydrogen) atoms. The quantitative estimate of drug-likeness (QED) is 0.850. The van der Waals surface area contributed by atoms with Crippen LogP contribution >= 0.6 is 11.6 Å². The highest BCUT2D eigenvalue weighted by Gasteiger charge is 2.33. The van der Waals surface area contributed by atoms with Gasteiger partial charge in [0.1, 0.15) is 0 Å². The van der Waals surface area contributed by atoms with Crippen LogP contribution in [0.3, 0.4) is 0 Å². The minimum atomic E-state index is 0.555. The van der Waals surface area contributed by atoms with E-state index in [9.17, 15) is 0 Å². The van der Waals surface area contributed by atoms with Crippen LogP contribution in [0.5, 0.6) is 0 Å². The topological polar surface area (TPSA) is 12.0 Å². The van der Waals surface area contributed by atoms with E-state index in [1.165, 1.54) is 49.8 Å². The summed E-state index contributed by atoms with van der Waals surface area (Å²) in [4.78, 5) is 0. The smallest absolute Gasteiger partial charge is 0.0408 e.